The third-order valence-corrected chi connectivity index (χ3v) is 11.7. The molecule has 10 heteroatoms. The van der Waals surface area contributed by atoms with Crippen LogP contribution in [0.1, 0.15) is 49.8 Å². The van der Waals surface area contributed by atoms with E-state index in [0.29, 0.717) is 58.3 Å². The summed E-state index contributed by atoms with van der Waals surface area (Å²) in [6.07, 6.45) is 8.42. The maximum atomic E-state index is 13.3. The molecule has 66 heavy (non-hydrogen) atoms. The van der Waals surface area contributed by atoms with E-state index >= 15 is 0 Å². The van der Waals surface area contributed by atoms with Gasteiger partial charge in [-0.2, -0.15) is 0 Å². The van der Waals surface area contributed by atoms with Gasteiger partial charge in [-0.25, -0.2) is 9.97 Å². The number of aromatic nitrogens is 4. The van der Waals surface area contributed by atoms with Crippen molar-refractivity contribution in [3.63, 3.8) is 0 Å². The summed E-state index contributed by atoms with van der Waals surface area (Å²) in [4.78, 5) is 31.8. The maximum absolute atomic E-state index is 13.3. The summed E-state index contributed by atoms with van der Waals surface area (Å²) >= 11 is 0. The molecule has 0 atom stereocenters. The predicted molar refractivity (Wildman–Crippen MR) is 269 cm³/mol. The minimum atomic E-state index is -0.179. The van der Waals surface area contributed by atoms with Crippen LogP contribution < -0.4 is 11.1 Å². The van der Waals surface area contributed by atoms with E-state index in [2.05, 4.69) is 157 Å². The van der Waals surface area contributed by atoms with Gasteiger partial charge in [0.25, 0.3) is 5.91 Å². The van der Waals surface area contributed by atoms with E-state index in [9.17, 15) is 4.79 Å². The van der Waals surface area contributed by atoms with Gasteiger partial charge in [0.15, 0.2) is 0 Å². The Morgan fingerprint density at radius 3 is 1.12 bits per heavy atom. The zero-order valence-corrected chi connectivity index (χ0v) is 37.6. The molecule has 4 aromatic carbocycles. The Morgan fingerprint density at radius 2 is 0.773 bits per heavy atom. The van der Waals surface area contributed by atoms with Gasteiger partial charge >= 0.3 is 0 Å². The van der Waals surface area contributed by atoms with Crippen molar-refractivity contribution in [2.45, 2.75) is 20.8 Å². The number of hydrogen-bond acceptors (Lipinski definition) is 7. The van der Waals surface area contributed by atoms with Gasteiger partial charge in [-0.05, 0) is 104 Å². The Morgan fingerprint density at radius 1 is 0.455 bits per heavy atom. The van der Waals surface area contributed by atoms with Crippen molar-refractivity contribution in [3.8, 4) is 44.5 Å². The van der Waals surface area contributed by atoms with E-state index in [1.54, 1.807) is 0 Å². The predicted octanol–water partition coefficient (Wildman–Crippen LogP) is 11.0. The van der Waals surface area contributed by atoms with Crippen LogP contribution in [0.5, 0.6) is 0 Å². The number of H-pyrrole nitrogens is 2. The molecule has 8 bridgehead atoms. The zero-order chi connectivity index (χ0) is 45.4. The van der Waals surface area contributed by atoms with Crippen LogP contribution >= 0.6 is 0 Å². The van der Waals surface area contributed by atoms with Gasteiger partial charge in [-0.3, -0.25) is 4.79 Å². The summed E-state index contributed by atoms with van der Waals surface area (Å²) in [5.74, 6) is -0.179. The average molecular weight is 875 g/mol. The number of nitrogens with zero attached hydrogens (tertiary/aromatic N) is 2. The van der Waals surface area contributed by atoms with Gasteiger partial charge in [-0.15, -0.1) is 0 Å². The summed E-state index contributed by atoms with van der Waals surface area (Å²) in [6.45, 7) is 9.92. The Labute approximate surface area is 385 Å². The molecule has 0 saturated heterocycles. The van der Waals surface area contributed by atoms with E-state index < -0.39 is 0 Å². The van der Waals surface area contributed by atoms with Gasteiger partial charge in [0.05, 0.1) is 62.4 Å². The standard InChI is InChI=1S/C56H54N6O4/c1-36-4-10-39(11-5-36)52-44-20-22-46(59-44)53(40-12-6-37(2)7-13-40)48-24-26-50(61-48)55(42-16-18-43(19-17-42)56(63)58-29-31-65-33-35-66-34-32-64-30-28-57)51-27-25-49(62-51)54(47-23-21-45(52)60-47)41-14-8-38(3)9-15-41/h4-27,59,62H,28-35,57H2,1-3H3,(H,58,63). The third-order valence-electron chi connectivity index (χ3n) is 11.7. The molecule has 2 aliphatic heterocycles. The molecular weight excluding hydrogens is 821 g/mol. The molecule has 1 amide bonds. The number of aryl methyl sites for hydroxylation is 3. The fourth-order valence-electron chi connectivity index (χ4n) is 8.33. The molecule has 0 aliphatic carbocycles. The molecule has 7 aromatic rings. The van der Waals surface area contributed by atoms with Crippen molar-refractivity contribution in [2.75, 3.05) is 52.7 Å². The Kier molecular flexibility index (Phi) is 13.5. The van der Waals surface area contributed by atoms with Gasteiger partial charge in [0.2, 0.25) is 0 Å². The molecule has 10 nitrogen and oxygen atoms in total. The molecular formula is C56H54N6O4. The monoisotopic (exact) mass is 874 g/mol. The number of rotatable bonds is 16. The lowest BCUT2D eigenvalue weighted by Crippen LogP contribution is -2.27. The van der Waals surface area contributed by atoms with Crippen molar-refractivity contribution < 1.29 is 19.0 Å². The maximum Gasteiger partial charge on any atom is 0.251 e. The van der Waals surface area contributed by atoms with Crippen LogP contribution in [0.2, 0.25) is 0 Å². The quantitative estimate of drug-likeness (QED) is 0.0709. The second-order valence-electron chi connectivity index (χ2n) is 16.6. The highest BCUT2D eigenvalue weighted by Crippen LogP contribution is 2.38. The number of carbonyl (C=O) groups excluding carboxylic acids is 1. The smallest absolute Gasteiger partial charge is 0.251 e. The van der Waals surface area contributed by atoms with Crippen LogP contribution in [0.4, 0.5) is 0 Å². The Hall–Kier alpha value is -7.21. The number of carbonyl (C=O) groups is 1. The van der Waals surface area contributed by atoms with E-state index in [4.69, 9.17) is 29.9 Å². The van der Waals surface area contributed by atoms with Crippen molar-refractivity contribution in [3.05, 3.63) is 166 Å². The number of benzene rings is 4. The number of amides is 1. The van der Waals surface area contributed by atoms with Gasteiger partial charge in [0.1, 0.15) is 0 Å². The van der Waals surface area contributed by atoms with E-state index in [-0.39, 0.29) is 5.91 Å². The molecule has 5 N–H and O–H groups in total. The zero-order valence-electron chi connectivity index (χ0n) is 37.6. The second kappa shape index (κ2) is 20.3. The SMILES string of the molecule is Cc1ccc(-c2c3nc(c(-c4ccc(C)cc4)c4ccc([nH]4)c(-c4ccc(C(=O)NCCOCCOCCOCCN)cc4)c4nc(c(-c5ccc(C)cc5)c5ccc2[nH]5)C=C4)C=C3)cc1. The Balaban J connectivity index is 1.16. The molecule has 5 heterocycles. The highest BCUT2D eigenvalue weighted by atomic mass is 16.5. The lowest BCUT2D eigenvalue weighted by molar-refractivity contribution is 0.0166. The first-order chi connectivity index (χ1) is 32.3. The van der Waals surface area contributed by atoms with E-state index in [1.165, 1.54) is 16.7 Å². The Bertz CT molecular complexity index is 3030. The summed E-state index contributed by atoms with van der Waals surface area (Å²) < 4.78 is 16.5. The summed E-state index contributed by atoms with van der Waals surface area (Å²) in [6, 6.07) is 42.1. The minimum absolute atomic E-state index is 0.179. The molecule has 2 aliphatic rings. The summed E-state index contributed by atoms with van der Waals surface area (Å²) in [7, 11) is 0. The van der Waals surface area contributed by atoms with E-state index in [1.807, 2.05) is 24.3 Å². The minimum Gasteiger partial charge on any atom is -0.378 e. The number of nitrogens with one attached hydrogen (secondary N) is 3. The molecule has 332 valence electrons. The third kappa shape index (κ3) is 9.88. The van der Waals surface area contributed by atoms with Crippen LogP contribution in [-0.2, 0) is 14.2 Å². The first kappa shape index (κ1) is 44.0. The molecule has 0 unspecified atom stereocenters. The van der Waals surface area contributed by atoms with Gasteiger partial charge < -0.3 is 35.2 Å². The number of nitrogens with two attached hydrogens (primary N) is 1. The van der Waals surface area contributed by atoms with Crippen molar-refractivity contribution in [2.24, 2.45) is 5.73 Å². The number of fused-ring (bicyclic) bond motifs is 8. The molecule has 9 rings (SSSR count). The lowest BCUT2D eigenvalue weighted by atomic mass is 10.0. The highest BCUT2D eigenvalue weighted by molar-refractivity contribution is 6.00. The number of ether oxygens (including phenoxy) is 3. The van der Waals surface area contributed by atoms with Crippen LogP contribution in [0, 0.1) is 20.8 Å². The van der Waals surface area contributed by atoms with Crippen LogP contribution in [0.3, 0.4) is 0 Å². The van der Waals surface area contributed by atoms with Crippen molar-refractivity contribution in [1.29, 1.82) is 0 Å². The van der Waals surface area contributed by atoms with Crippen LogP contribution in [0.15, 0.2) is 121 Å². The van der Waals surface area contributed by atoms with Crippen LogP contribution in [0.25, 0.3) is 90.9 Å². The molecule has 0 fully saturated rings. The fraction of sp³-hybridized carbons (Fsp3) is 0.196. The first-order valence-corrected chi connectivity index (χ1v) is 22.5. The summed E-state index contributed by atoms with van der Waals surface area (Å²) in [5, 5.41) is 2.98. The normalized spacial score (nSPS) is 11.9. The number of hydrogen-bond donors (Lipinski definition) is 4. The van der Waals surface area contributed by atoms with Crippen molar-refractivity contribution >= 4 is 52.3 Å². The second-order valence-corrected chi connectivity index (χ2v) is 16.6. The number of aromatic amines is 2. The first-order valence-electron chi connectivity index (χ1n) is 22.5. The average Bonchev–Trinajstić information content (AvgIpc) is 4.19. The molecule has 3 aromatic heterocycles. The molecule has 0 radical (unpaired) electrons. The molecule has 0 saturated carbocycles. The lowest BCUT2D eigenvalue weighted by Gasteiger charge is -2.09. The van der Waals surface area contributed by atoms with Crippen molar-refractivity contribution in [1.82, 2.24) is 25.3 Å². The van der Waals surface area contributed by atoms with E-state index in [0.717, 1.165) is 89.4 Å². The summed E-state index contributed by atoms with van der Waals surface area (Å²) in [5.41, 5.74) is 24.5. The largest absolute Gasteiger partial charge is 0.378 e. The van der Waals surface area contributed by atoms with Gasteiger partial charge in [0, 0.05) is 63.0 Å². The van der Waals surface area contributed by atoms with Gasteiger partial charge in [-0.1, -0.05) is 102 Å². The molecule has 0 spiro atoms. The topological polar surface area (TPSA) is 140 Å². The highest BCUT2D eigenvalue weighted by Gasteiger charge is 2.19. The van der Waals surface area contributed by atoms with Crippen LogP contribution in [-0.4, -0.2) is 78.6 Å². The fourth-order valence-corrected chi connectivity index (χ4v) is 8.33.